The van der Waals surface area contributed by atoms with Crippen LogP contribution in [0.5, 0.6) is 0 Å². The van der Waals surface area contributed by atoms with Gasteiger partial charge in [0, 0.05) is 51.9 Å². The minimum Gasteiger partial charge on any atom is -0.371 e. The average Bonchev–Trinajstić information content (AvgIpc) is 3.09. The van der Waals surface area contributed by atoms with Crippen LogP contribution in [-0.4, -0.2) is 62.0 Å². The SMILES string of the molecule is C[C@H]1CCCN(CCC(=O)N(C)C[C@H]2CCN(c3ccccc3)C2)C1. The second-order valence-corrected chi connectivity index (χ2v) is 8.01. The van der Waals surface area contributed by atoms with Crippen molar-refractivity contribution in [3.8, 4) is 0 Å². The number of hydrogen-bond donors (Lipinski definition) is 0. The van der Waals surface area contributed by atoms with E-state index in [1.807, 2.05) is 11.9 Å². The molecule has 0 bridgehead atoms. The van der Waals surface area contributed by atoms with Gasteiger partial charge >= 0.3 is 0 Å². The smallest absolute Gasteiger partial charge is 0.223 e. The van der Waals surface area contributed by atoms with E-state index in [0.717, 1.165) is 45.2 Å². The highest BCUT2D eigenvalue weighted by atomic mass is 16.2. The molecule has 0 N–H and O–H groups in total. The predicted octanol–water partition coefficient (Wildman–Crippen LogP) is 3.09. The number of amides is 1. The summed E-state index contributed by atoms with van der Waals surface area (Å²) in [5, 5.41) is 0. The van der Waals surface area contributed by atoms with Crippen molar-refractivity contribution in [2.45, 2.75) is 32.6 Å². The molecule has 3 rings (SSSR count). The zero-order valence-corrected chi connectivity index (χ0v) is 15.9. The molecule has 25 heavy (non-hydrogen) atoms. The number of rotatable bonds is 6. The molecule has 138 valence electrons. The second-order valence-electron chi connectivity index (χ2n) is 8.01. The highest BCUT2D eigenvalue weighted by molar-refractivity contribution is 5.76. The molecule has 0 spiro atoms. The fourth-order valence-electron chi connectivity index (χ4n) is 4.28. The van der Waals surface area contributed by atoms with Crippen molar-refractivity contribution in [2.75, 3.05) is 51.2 Å². The van der Waals surface area contributed by atoms with Crippen LogP contribution in [-0.2, 0) is 4.79 Å². The van der Waals surface area contributed by atoms with Gasteiger partial charge in [-0.15, -0.1) is 0 Å². The van der Waals surface area contributed by atoms with E-state index in [2.05, 4.69) is 47.1 Å². The molecule has 1 amide bonds. The van der Waals surface area contributed by atoms with Gasteiger partial charge in [-0.1, -0.05) is 25.1 Å². The van der Waals surface area contributed by atoms with Gasteiger partial charge in [0.1, 0.15) is 0 Å². The van der Waals surface area contributed by atoms with Gasteiger partial charge < -0.3 is 14.7 Å². The van der Waals surface area contributed by atoms with Gasteiger partial charge in [0.05, 0.1) is 0 Å². The topological polar surface area (TPSA) is 26.8 Å². The zero-order valence-electron chi connectivity index (χ0n) is 15.9. The summed E-state index contributed by atoms with van der Waals surface area (Å²) in [5.41, 5.74) is 1.30. The molecule has 2 saturated heterocycles. The van der Waals surface area contributed by atoms with Crippen LogP contribution in [0.4, 0.5) is 5.69 Å². The maximum atomic E-state index is 12.5. The van der Waals surface area contributed by atoms with E-state index >= 15 is 0 Å². The van der Waals surface area contributed by atoms with Crippen molar-refractivity contribution < 1.29 is 4.79 Å². The Morgan fingerprint density at radius 3 is 2.72 bits per heavy atom. The van der Waals surface area contributed by atoms with Gasteiger partial charge in [-0.3, -0.25) is 4.79 Å². The van der Waals surface area contributed by atoms with Crippen LogP contribution in [0.2, 0.25) is 0 Å². The Bertz CT molecular complexity index is 547. The molecule has 0 radical (unpaired) electrons. The minimum absolute atomic E-state index is 0.302. The standard InChI is InChI=1S/C21H33N3O/c1-18-7-6-12-23(15-18)13-11-21(25)22(2)16-19-10-14-24(17-19)20-8-4-3-5-9-20/h3-5,8-9,18-19H,6-7,10-17H2,1-2H3/t18-,19+/m0/s1. The predicted molar refractivity (Wildman–Crippen MR) is 104 cm³/mol. The van der Waals surface area contributed by atoms with E-state index < -0.39 is 0 Å². The van der Waals surface area contributed by atoms with Crippen LogP contribution < -0.4 is 4.90 Å². The Balaban J connectivity index is 1.40. The molecule has 2 fully saturated rings. The molecule has 1 aromatic rings. The molecule has 2 aliphatic rings. The number of likely N-dealkylation sites (tertiary alicyclic amines) is 1. The molecule has 2 aliphatic heterocycles. The van der Waals surface area contributed by atoms with Crippen LogP contribution in [0.25, 0.3) is 0 Å². The molecule has 4 heteroatoms. The monoisotopic (exact) mass is 343 g/mol. The largest absolute Gasteiger partial charge is 0.371 e. The lowest BCUT2D eigenvalue weighted by molar-refractivity contribution is -0.130. The summed E-state index contributed by atoms with van der Waals surface area (Å²) in [4.78, 5) is 19.4. The van der Waals surface area contributed by atoms with Crippen molar-refractivity contribution in [3.63, 3.8) is 0 Å². The summed E-state index contributed by atoms with van der Waals surface area (Å²) in [5.74, 6) is 1.67. The molecule has 0 unspecified atom stereocenters. The number of piperidine rings is 1. The number of anilines is 1. The van der Waals surface area contributed by atoms with E-state index in [9.17, 15) is 4.79 Å². The highest BCUT2D eigenvalue weighted by Crippen LogP contribution is 2.24. The van der Waals surface area contributed by atoms with Gasteiger partial charge in [0.15, 0.2) is 0 Å². The summed E-state index contributed by atoms with van der Waals surface area (Å²) < 4.78 is 0. The number of benzene rings is 1. The molecular formula is C21H33N3O. The molecule has 0 aliphatic carbocycles. The van der Waals surface area contributed by atoms with Crippen molar-refractivity contribution in [1.82, 2.24) is 9.80 Å². The molecule has 2 heterocycles. The quantitative estimate of drug-likeness (QED) is 0.794. The highest BCUT2D eigenvalue weighted by Gasteiger charge is 2.25. The Hall–Kier alpha value is -1.55. The molecule has 2 atom stereocenters. The number of carbonyl (C=O) groups is 1. The zero-order chi connectivity index (χ0) is 17.6. The maximum absolute atomic E-state index is 12.5. The van der Waals surface area contributed by atoms with Crippen molar-refractivity contribution >= 4 is 11.6 Å². The third kappa shape index (κ3) is 5.21. The normalized spacial score (nSPS) is 24.5. The van der Waals surface area contributed by atoms with Crippen LogP contribution in [0.15, 0.2) is 30.3 Å². The summed E-state index contributed by atoms with van der Waals surface area (Å²) in [6.45, 7) is 8.61. The third-order valence-corrected chi connectivity index (χ3v) is 5.75. The average molecular weight is 344 g/mol. The Labute approximate surface area is 152 Å². The Morgan fingerprint density at radius 2 is 1.96 bits per heavy atom. The van der Waals surface area contributed by atoms with Gasteiger partial charge in [-0.2, -0.15) is 0 Å². The van der Waals surface area contributed by atoms with Crippen LogP contribution in [0.1, 0.15) is 32.6 Å². The van der Waals surface area contributed by atoms with Crippen molar-refractivity contribution in [2.24, 2.45) is 11.8 Å². The van der Waals surface area contributed by atoms with Gasteiger partial charge in [0.25, 0.3) is 0 Å². The fourth-order valence-corrected chi connectivity index (χ4v) is 4.28. The van der Waals surface area contributed by atoms with E-state index in [-0.39, 0.29) is 0 Å². The maximum Gasteiger partial charge on any atom is 0.223 e. The summed E-state index contributed by atoms with van der Waals surface area (Å²) in [6, 6.07) is 10.6. The van der Waals surface area contributed by atoms with Crippen LogP contribution in [0.3, 0.4) is 0 Å². The lowest BCUT2D eigenvalue weighted by Crippen LogP contribution is -2.39. The first-order valence-corrected chi connectivity index (χ1v) is 9.88. The lowest BCUT2D eigenvalue weighted by Gasteiger charge is -2.31. The number of nitrogens with zero attached hydrogens (tertiary/aromatic N) is 3. The fraction of sp³-hybridized carbons (Fsp3) is 0.667. The Morgan fingerprint density at radius 1 is 1.16 bits per heavy atom. The molecule has 0 saturated carbocycles. The molecule has 1 aromatic carbocycles. The minimum atomic E-state index is 0.302. The Kier molecular flexibility index (Phi) is 6.35. The van der Waals surface area contributed by atoms with Gasteiger partial charge in [0.2, 0.25) is 5.91 Å². The first kappa shape index (κ1) is 18.2. The van der Waals surface area contributed by atoms with Gasteiger partial charge in [-0.25, -0.2) is 0 Å². The first-order valence-electron chi connectivity index (χ1n) is 9.88. The van der Waals surface area contributed by atoms with E-state index in [4.69, 9.17) is 0 Å². The number of para-hydroxylation sites is 1. The van der Waals surface area contributed by atoms with Crippen LogP contribution >= 0.6 is 0 Å². The third-order valence-electron chi connectivity index (χ3n) is 5.75. The van der Waals surface area contributed by atoms with E-state index in [1.54, 1.807) is 0 Å². The summed E-state index contributed by atoms with van der Waals surface area (Å²) in [6.07, 6.45) is 4.46. The number of hydrogen-bond acceptors (Lipinski definition) is 3. The molecule has 4 nitrogen and oxygen atoms in total. The van der Waals surface area contributed by atoms with E-state index in [1.165, 1.54) is 24.9 Å². The van der Waals surface area contributed by atoms with E-state index in [0.29, 0.717) is 18.2 Å². The van der Waals surface area contributed by atoms with Crippen LogP contribution in [0, 0.1) is 11.8 Å². The summed E-state index contributed by atoms with van der Waals surface area (Å²) in [7, 11) is 1.98. The molecular weight excluding hydrogens is 310 g/mol. The molecule has 0 aromatic heterocycles. The first-order chi connectivity index (χ1) is 12.1. The second kappa shape index (κ2) is 8.70. The lowest BCUT2D eigenvalue weighted by atomic mass is 10.0. The summed E-state index contributed by atoms with van der Waals surface area (Å²) >= 11 is 0. The van der Waals surface area contributed by atoms with Gasteiger partial charge in [-0.05, 0) is 49.8 Å². The van der Waals surface area contributed by atoms with Crippen molar-refractivity contribution in [1.29, 1.82) is 0 Å². The van der Waals surface area contributed by atoms with Crippen molar-refractivity contribution in [3.05, 3.63) is 30.3 Å². The number of carbonyl (C=O) groups excluding carboxylic acids is 1.